The van der Waals surface area contributed by atoms with Crippen molar-refractivity contribution in [1.29, 1.82) is 0 Å². The van der Waals surface area contributed by atoms with Crippen molar-refractivity contribution in [2.24, 2.45) is 21.1 Å². The minimum atomic E-state index is -0.361. The monoisotopic (exact) mass is 604 g/mol. The highest BCUT2D eigenvalue weighted by Crippen LogP contribution is 2.65. The van der Waals surface area contributed by atoms with Gasteiger partial charge in [0.2, 0.25) is 0 Å². The summed E-state index contributed by atoms with van der Waals surface area (Å²) in [7, 11) is 3.21. The molecule has 45 heavy (non-hydrogen) atoms. The second kappa shape index (κ2) is 11.1. The first-order valence-corrected chi connectivity index (χ1v) is 14.9. The van der Waals surface area contributed by atoms with Gasteiger partial charge in [0.05, 0.1) is 14.2 Å². The van der Waals surface area contributed by atoms with E-state index in [-0.39, 0.29) is 28.7 Å². The first kappa shape index (κ1) is 30.0. The van der Waals surface area contributed by atoms with Gasteiger partial charge in [-0.1, -0.05) is 55.3 Å². The van der Waals surface area contributed by atoms with Gasteiger partial charge in [0, 0.05) is 44.4 Å². The number of methoxy groups -OCH3 is 2. The van der Waals surface area contributed by atoms with Gasteiger partial charge in [-0.15, -0.1) is 0 Å². The van der Waals surface area contributed by atoms with Crippen molar-refractivity contribution in [1.82, 2.24) is 0 Å². The Hall–Kier alpha value is -5.04. The molecule has 230 valence electrons. The highest BCUT2D eigenvalue weighted by Gasteiger charge is 2.54. The van der Waals surface area contributed by atoms with Crippen LogP contribution in [-0.2, 0) is 5.41 Å². The van der Waals surface area contributed by atoms with Crippen molar-refractivity contribution in [3.8, 4) is 45.3 Å². The van der Waals surface area contributed by atoms with E-state index in [2.05, 4.69) is 65.1 Å². The lowest BCUT2D eigenvalue weighted by Gasteiger charge is -2.52. The molecule has 4 aromatic carbocycles. The van der Waals surface area contributed by atoms with E-state index < -0.39 is 0 Å². The van der Waals surface area contributed by atoms with E-state index in [0.29, 0.717) is 29.2 Å². The maximum Gasteiger partial charge on any atom is 0.167 e. The summed E-state index contributed by atoms with van der Waals surface area (Å²) in [4.78, 5) is 5.83. The predicted octanol–water partition coefficient (Wildman–Crippen LogP) is 9.67. The summed E-state index contributed by atoms with van der Waals surface area (Å²) in [6.07, 6.45) is 2.64. The first-order valence-electron chi connectivity index (χ1n) is 14.9. The summed E-state index contributed by atoms with van der Waals surface area (Å²) >= 11 is 0. The van der Waals surface area contributed by atoms with Gasteiger partial charge in [-0.25, -0.2) is 0 Å². The number of rotatable bonds is 8. The molecule has 0 bridgehead atoms. The Morgan fingerprint density at radius 3 is 2.24 bits per heavy atom. The summed E-state index contributed by atoms with van der Waals surface area (Å²) in [5.74, 6) is 1.85. The highest BCUT2D eigenvalue weighted by atomic mass is 16.5. The van der Waals surface area contributed by atoms with Crippen LogP contribution in [0.5, 0.6) is 23.0 Å². The molecule has 10 nitrogen and oxygen atoms in total. The van der Waals surface area contributed by atoms with E-state index in [1.54, 1.807) is 26.4 Å². The molecule has 2 aliphatic rings. The van der Waals surface area contributed by atoms with Gasteiger partial charge in [0.25, 0.3) is 0 Å². The number of hydrogen-bond donors (Lipinski definition) is 1. The molecule has 0 radical (unpaired) electrons. The van der Waals surface area contributed by atoms with Crippen molar-refractivity contribution >= 4 is 10.8 Å². The quantitative estimate of drug-likeness (QED) is 0.121. The van der Waals surface area contributed by atoms with Gasteiger partial charge in [-0.3, -0.25) is 0 Å². The Balaban J connectivity index is 1.58. The summed E-state index contributed by atoms with van der Waals surface area (Å²) in [5, 5.41) is 20.8. The molecule has 1 spiro atoms. The molecular weight excluding hydrogens is 568 g/mol. The average molecular weight is 605 g/mol. The third-order valence-corrected chi connectivity index (χ3v) is 9.41. The molecule has 6 rings (SSSR count). The number of azide groups is 2. The summed E-state index contributed by atoms with van der Waals surface area (Å²) < 4.78 is 17.2. The summed E-state index contributed by atoms with van der Waals surface area (Å²) in [5.41, 5.74) is 23.2. The van der Waals surface area contributed by atoms with Crippen LogP contribution in [0, 0.1) is 10.8 Å². The van der Waals surface area contributed by atoms with E-state index in [0.717, 1.165) is 52.5 Å². The Kier molecular flexibility index (Phi) is 7.43. The molecule has 2 aliphatic carbocycles. The standard InChI is InChI=1S/C35H36N6O4/c1-33(2)16-34(3,19-38-40-36)18-35(17-33)27-9-7-6-8-23(27)32-26-14-31(44-5)25(13-24(26)29(42)15-28(32)35)22-11-10-21(12-30(22)43-4)45-20-39-41-37/h6-15,42H,16-20H2,1-5H3. The molecule has 0 heterocycles. The van der Waals surface area contributed by atoms with Gasteiger partial charge in [-0.05, 0) is 99.1 Å². The molecule has 1 N–H and O–H groups in total. The number of phenolic OH excluding ortho intramolecular Hbond substituents is 1. The summed E-state index contributed by atoms with van der Waals surface area (Å²) in [6.45, 7) is 7.09. The van der Waals surface area contributed by atoms with Crippen LogP contribution in [0.2, 0.25) is 0 Å². The molecule has 0 amide bonds. The van der Waals surface area contributed by atoms with Crippen molar-refractivity contribution in [3.63, 3.8) is 0 Å². The SMILES string of the molecule is COc1cc(OCN=[N+]=[N-])ccc1-c1cc2c(O)cc3c(c2cc1OC)-c1ccccc1C31CC(C)(C)CC(C)(CN=[N+]=[N-])C1. The maximum absolute atomic E-state index is 11.8. The zero-order valence-electron chi connectivity index (χ0n) is 26.2. The molecule has 1 fully saturated rings. The molecule has 0 aromatic heterocycles. The smallest absolute Gasteiger partial charge is 0.167 e. The number of phenols is 1. The topological polar surface area (TPSA) is 145 Å². The van der Waals surface area contributed by atoms with Crippen molar-refractivity contribution < 1.29 is 19.3 Å². The average Bonchev–Trinajstić information content (AvgIpc) is 3.26. The molecule has 4 aromatic rings. The number of ether oxygens (including phenoxy) is 3. The second-order valence-electron chi connectivity index (χ2n) is 13.3. The van der Waals surface area contributed by atoms with Crippen LogP contribution in [0.1, 0.15) is 51.2 Å². The molecule has 0 saturated heterocycles. The lowest BCUT2D eigenvalue weighted by Crippen LogP contribution is -2.46. The Bertz CT molecular complexity index is 1930. The Morgan fingerprint density at radius 1 is 0.778 bits per heavy atom. The Morgan fingerprint density at radius 2 is 1.51 bits per heavy atom. The van der Waals surface area contributed by atoms with E-state index >= 15 is 0 Å². The number of fused-ring (bicyclic) bond motifs is 7. The fourth-order valence-electron chi connectivity index (χ4n) is 8.44. The largest absolute Gasteiger partial charge is 0.507 e. The van der Waals surface area contributed by atoms with Crippen LogP contribution in [0.15, 0.2) is 70.9 Å². The number of aromatic hydroxyl groups is 1. The Labute approximate surface area is 261 Å². The number of nitrogens with zero attached hydrogens (tertiary/aromatic N) is 6. The van der Waals surface area contributed by atoms with Gasteiger partial charge in [-0.2, -0.15) is 0 Å². The molecule has 10 heteroatoms. The van der Waals surface area contributed by atoms with Gasteiger partial charge >= 0.3 is 0 Å². The second-order valence-corrected chi connectivity index (χ2v) is 13.3. The lowest BCUT2D eigenvalue weighted by molar-refractivity contribution is 0.0572. The van der Waals surface area contributed by atoms with E-state index in [1.807, 2.05) is 24.3 Å². The summed E-state index contributed by atoms with van der Waals surface area (Å²) in [6, 6.07) is 19.8. The van der Waals surface area contributed by atoms with Crippen LogP contribution in [0.25, 0.3) is 53.9 Å². The molecular formula is C35H36N6O4. The van der Waals surface area contributed by atoms with Crippen LogP contribution < -0.4 is 14.2 Å². The molecule has 1 saturated carbocycles. The maximum atomic E-state index is 11.8. The zero-order valence-corrected chi connectivity index (χ0v) is 26.2. The van der Waals surface area contributed by atoms with E-state index in [1.165, 1.54) is 5.56 Å². The number of benzene rings is 4. The zero-order chi connectivity index (χ0) is 32.0. The van der Waals surface area contributed by atoms with Crippen molar-refractivity contribution in [2.75, 3.05) is 27.5 Å². The van der Waals surface area contributed by atoms with Gasteiger partial charge in [0.1, 0.15) is 23.0 Å². The van der Waals surface area contributed by atoms with E-state index in [9.17, 15) is 10.6 Å². The van der Waals surface area contributed by atoms with Gasteiger partial charge < -0.3 is 19.3 Å². The van der Waals surface area contributed by atoms with Crippen molar-refractivity contribution in [2.45, 2.75) is 45.4 Å². The minimum Gasteiger partial charge on any atom is -0.507 e. The molecule has 2 atom stereocenters. The normalized spacial score (nSPS) is 20.9. The van der Waals surface area contributed by atoms with E-state index in [4.69, 9.17) is 19.7 Å². The predicted molar refractivity (Wildman–Crippen MR) is 175 cm³/mol. The van der Waals surface area contributed by atoms with Crippen LogP contribution in [-0.4, -0.2) is 32.6 Å². The number of hydrogen-bond acceptors (Lipinski definition) is 6. The third-order valence-electron chi connectivity index (χ3n) is 9.41. The first-order chi connectivity index (χ1) is 21.6. The fraction of sp³-hybridized carbons (Fsp3) is 0.371. The van der Waals surface area contributed by atoms with Crippen LogP contribution in [0.4, 0.5) is 0 Å². The lowest BCUT2D eigenvalue weighted by atomic mass is 9.52. The highest BCUT2D eigenvalue weighted by molar-refractivity contribution is 6.08. The minimum absolute atomic E-state index is 0.0355. The molecule has 0 aliphatic heterocycles. The van der Waals surface area contributed by atoms with Gasteiger partial charge in [0.15, 0.2) is 6.73 Å². The van der Waals surface area contributed by atoms with Crippen LogP contribution >= 0.6 is 0 Å². The van der Waals surface area contributed by atoms with Crippen LogP contribution in [0.3, 0.4) is 0 Å². The third kappa shape index (κ3) is 5.02. The fourth-order valence-corrected chi connectivity index (χ4v) is 8.44. The van der Waals surface area contributed by atoms with Crippen molar-refractivity contribution in [3.05, 3.63) is 92.7 Å². The molecule has 2 unspecified atom stereocenters.